The summed E-state index contributed by atoms with van der Waals surface area (Å²) in [6, 6.07) is 16.1. The van der Waals surface area contributed by atoms with Crippen molar-refractivity contribution in [2.24, 2.45) is 0 Å². The van der Waals surface area contributed by atoms with Crippen molar-refractivity contribution in [3.05, 3.63) is 70.6 Å². The van der Waals surface area contributed by atoms with Crippen molar-refractivity contribution < 1.29 is 9.21 Å². The largest absolute Gasteiger partial charge is 0.457 e. The van der Waals surface area contributed by atoms with Crippen LogP contribution in [0.25, 0.3) is 10.8 Å². The highest BCUT2D eigenvalue weighted by Gasteiger charge is 2.17. The Kier molecular flexibility index (Phi) is 3.80. The summed E-state index contributed by atoms with van der Waals surface area (Å²) in [5.74, 6) is -0.0659. The molecule has 3 nitrogen and oxygen atoms in total. The Balaban J connectivity index is 1.81. The number of benzene rings is 2. The van der Waals surface area contributed by atoms with Crippen LogP contribution < -0.4 is 0 Å². The second-order valence-corrected chi connectivity index (χ2v) is 5.67. The standard InChI is InChI=1S/C17H14BrNO2/c1-19(17(20)15-8-9-21-16(15)18)11-12-6-7-13-4-2-3-5-14(13)10-12/h2-10H,11H2,1H3. The van der Waals surface area contributed by atoms with E-state index in [0.717, 1.165) is 5.56 Å². The predicted octanol–water partition coefficient (Wildman–Crippen LogP) is 4.47. The summed E-state index contributed by atoms with van der Waals surface area (Å²) >= 11 is 3.24. The average molecular weight is 344 g/mol. The van der Waals surface area contributed by atoms with Crippen molar-refractivity contribution in [2.75, 3.05) is 7.05 Å². The number of rotatable bonds is 3. The van der Waals surface area contributed by atoms with E-state index in [1.165, 1.54) is 17.0 Å². The number of nitrogens with zero attached hydrogens (tertiary/aromatic N) is 1. The Morgan fingerprint density at radius 3 is 2.62 bits per heavy atom. The van der Waals surface area contributed by atoms with Crippen LogP contribution in [0.3, 0.4) is 0 Å². The molecule has 0 unspecified atom stereocenters. The molecule has 0 aliphatic heterocycles. The van der Waals surface area contributed by atoms with Crippen molar-refractivity contribution in [1.82, 2.24) is 4.90 Å². The average Bonchev–Trinajstić information content (AvgIpc) is 2.92. The van der Waals surface area contributed by atoms with Gasteiger partial charge in [-0.3, -0.25) is 4.79 Å². The Hall–Kier alpha value is -2.07. The van der Waals surface area contributed by atoms with E-state index in [1.807, 2.05) is 12.1 Å². The fourth-order valence-corrected chi connectivity index (χ4v) is 2.74. The Morgan fingerprint density at radius 2 is 1.90 bits per heavy atom. The molecular formula is C17H14BrNO2. The van der Waals surface area contributed by atoms with Gasteiger partial charge in [0.15, 0.2) is 4.67 Å². The van der Waals surface area contributed by atoms with E-state index in [9.17, 15) is 4.79 Å². The number of furan rings is 1. The Labute approximate surface area is 131 Å². The lowest BCUT2D eigenvalue weighted by Crippen LogP contribution is -2.26. The molecule has 2 aromatic carbocycles. The molecule has 0 aliphatic rings. The van der Waals surface area contributed by atoms with Gasteiger partial charge in [-0.15, -0.1) is 0 Å². The second-order valence-electron chi connectivity index (χ2n) is 4.95. The van der Waals surface area contributed by atoms with E-state index in [4.69, 9.17) is 4.42 Å². The van der Waals surface area contributed by atoms with Gasteiger partial charge in [0, 0.05) is 13.6 Å². The summed E-state index contributed by atoms with van der Waals surface area (Å²) in [5, 5.41) is 2.38. The number of fused-ring (bicyclic) bond motifs is 1. The van der Waals surface area contributed by atoms with Gasteiger partial charge in [0.25, 0.3) is 5.91 Å². The van der Waals surface area contributed by atoms with Crippen LogP contribution in [0.2, 0.25) is 0 Å². The van der Waals surface area contributed by atoms with Crippen LogP contribution in [0.4, 0.5) is 0 Å². The van der Waals surface area contributed by atoms with Gasteiger partial charge >= 0.3 is 0 Å². The van der Waals surface area contributed by atoms with E-state index < -0.39 is 0 Å². The molecule has 0 saturated heterocycles. The Morgan fingerprint density at radius 1 is 1.14 bits per heavy atom. The van der Waals surface area contributed by atoms with Gasteiger partial charge in [0.2, 0.25) is 0 Å². The first-order chi connectivity index (χ1) is 10.1. The van der Waals surface area contributed by atoms with Crippen molar-refractivity contribution in [3.8, 4) is 0 Å². The molecule has 3 rings (SSSR count). The molecule has 1 amide bonds. The van der Waals surface area contributed by atoms with Gasteiger partial charge in [-0.05, 0) is 44.4 Å². The first-order valence-electron chi connectivity index (χ1n) is 6.61. The molecule has 0 radical (unpaired) electrons. The quantitative estimate of drug-likeness (QED) is 0.703. The molecule has 106 valence electrons. The highest BCUT2D eigenvalue weighted by molar-refractivity contribution is 9.10. The summed E-state index contributed by atoms with van der Waals surface area (Å²) in [7, 11) is 1.79. The van der Waals surface area contributed by atoms with Gasteiger partial charge in [0.1, 0.15) is 0 Å². The molecule has 3 aromatic rings. The minimum Gasteiger partial charge on any atom is -0.457 e. The monoisotopic (exact) mass is 343 g/mol. The van der Waals surface area contributed by atoms with Gasteiger partial charge in [-0.2, -0.15) is 0 Å². The van der Waals surface area contributed by atoms with Gasteiger partial charge in [-0.25, -0.2) is 0 Å². The molecule has 0 saturated carbocycles. The minimum absolute atomic E-state index is 0.0659. The maximum absolute atomic E-state index is 12.3. The summed E-state index contributed by atoms with van der Waals surface area (Å²) < 4.78 is 5.58. The van der Waals surface area contributed by atoms with E-state index in [1.54, 1.807) is 18.0 Å². The van der Waals surface area contributed by atoms with E-state index in [2.05, 4.69) is 46.3 Å². The van der Waals surface area contributed by atoms with Gasteiger partial charge < -0.3 is 9.32 Å². The van der Waals surface area contributed by atoms with Crippen molar-refractivity contribution in [3.63, 3.8) is 0 Å². The van der Waals surface area contributed by atoms with Crippen LogP contribution in [0, 0.1) is 0 Å². The molecule has 1 aromatic heterocycles. The highest BCUT2D eigenvalue weighted by Crippen LogP contribution is 2.21. The maximum atomic E-state index is 12.3. The van der Waals surface area contributed by atoms with Crippen LogP contribution in [-0.4, -0.2) is 17.9 Å². The minimum atomic E-state index is -0.0659. The third-order valence-electron chi connectivity index (χ3n) is 3.43. The van der Waals surface area contributed by atoms with Gasteiger partial charge in [-0.1, -0.05) is 36.4 Å². The van der Waals surface area contributed by atoms with E-state index in [0.29, 0.717) is 16.8 Å². The number of amides is 1. The first kappa shape index (κ1) is 13.9. The SMILES string of the molecule is CN(Cc1ccc2ccccc2c1)C(=O)c1ccoc1Br. The molecule has 0 spiro atoms. The highest BCUT2D eigenvalue weighted by atomic mass is 79.9. The molecule has 0 aliphatic carbocycles. The van der Waals surface area contributed by atoms with Crippen LogP contribution in [0.5, 0.6) is 0 Å². The fourth-order valence-electron chi connectivity index (χ4n) is 2.33. The number of halogens is 1. The zero-order chi connectivity index (χ0) is 14.8. The van der Waals surface area contributed by atoms with E-state index in [-0.39, 0.29) is 5.91 Å². The zero-order valence-corrected chi connectivity index (χ0v) is 13.1. The summed E-state index contributed by atoms with van der Waals surface area (Å²) in [5.41, 5.74) is 1.64. The first-order valence-corrected chi connectivity index (χ1v) is 7.40. The molecule has 0 fully saturated rings. The summed E-state index contributed by atoms with van der Waals surface area (Å²) in [6.07, 6.45) is 1.50. The third kappa shape index (κ3) is 2.85. The lowest BCUT2D eigenvalue weighted by molar-refractivity contribution is 0.0783. The molecule has 0 bridgehead atoms. The topological polar surface area (TPSA) is 33.5 Å². The molecular weight excluding hydrogens is 330 g/mol. The lowest BCUT2D eigenvalue weighted by Gasteiger charge is -2.17. The summed E-state index contributed by atoms with van der Waals surface area (Å²) in [4.78, 5) is 14.0. The van der Waals surface area contributed by atoms with Crippen LogP contribution >= 0.6 is 15.9 Å². The molecule has 0 atom stereocenters. The number of carbonyl (C=O) groups is 1. The zero-order valence-electron chi connectivity index (χ0n) is 11.5. The molecule has 1 heterocycles. The summed E-state index contributed by atoms with van der Waals surface area (Å²) in [6.45, 7) is 0.557. The number of hydrogen-bond acceptors (Lipinski definition) is 2. The normalized spacial score (nSPS) is 10.8. The van der Waals surface area contributed by atoms with Crippen molar-refractivity contribution in [2.45, 2.75) is 6.54 Å². The van der Waals surface area contributed by atoms with Crippen LogP contribution in [0.15, 0.2) is 63.9 Å². The lowest BCUT2D eigenvalue weighted by atomic mass is 10.1. The predicted molar refractivity (Wildman–Crippen MR) is 86.2 cm³/mol. The molecule has 21 heavy (non-hydrogen) atoms. The maximum Gasteiger partial charge on any atom is 0.258 e. The second kappa shape index (κ2) is 5.74. The molecule has 0 N–H and O–H groups in total. The molecule has 4 heteroatoms. The van der Waals surface area contributed by atoms with Crippen molar-refractivity contribution >= 4 is 32.6 Å². The smallest absolute Gasteiger partial charge is 0.258 e. The van der Waals surface area contributed by atoms with Crippen LogP contribution in [-0.2, 0) is 6.54 Å². The van der Waals surface area contributed by atoms with Gasteiger partial charge in [0.05, 0.1) is 11.8 Å². The third-order valence-corrected chi connectivity index (χ3v) is 4.04. The number of hydrogen-bond donors (Lipinski definition) is 0. The van der Waals surface area contributed by atoms with E-state index >= 15 is 0 Å². The van der Waals surface area contributed by atoms with Crippen molar-refractivity contribution in [1.29, 1.82) is 0 Å². The van der Waals surface area contributed by atoms with Crippen LogP contribution in [0.1, 0.15) is 15.9 Å². The number of carbonyl (C=O) groups excluding carboxylic acids is 1. The fraction of sp³-hybridized carbons (Fsp3) is 0.118. The Bertz CT molecular complexity index is 794.